The number of fused-ring (bicyclic) bond motifs is 1. The Morgan fingerprint density at radius 1 is 0.897 bits per heavy atom. The van der Waals surface area contributed by atoms with Crippen LogP contribution in [0.1, 0.15) is 10.4 Å². The molecule has 1 fully saturated rings. The predicted octanol–water partition coefficient (Wildman–Crippen LogP) is 3.23. The van der Waals surface area contributed by atoms with E-state index in [-0.39, 0.29) is 5.91 Å². The number of halogens is 6. The van der Waals surface area contributed by atoms with Crippen molar-refractivity contribution in [3.63, 3.8) is 0 Å². The van der Waals surface area contributed by atoms with E-state index >= 15 is 0 Å². The number of benzene rings is 1. The maximum absolute atomic E-state index is 12.4. The molecule has 4 N–H and O–H groups in total. The Labute approximate surface area is 216 Å². The lowest BCUT2D eigenvalue weighted by molar-refractivity contribution is -0.193. The number of aromatic nitrogens is 3. The third-order valence-electron chi connectivity index (χ3n) is 5.02. The topological polar surface area (TPSA) is 152 Å². The first-order valence-corrected chi connectivity index (χ1v) is 10.8. The van der Waals surface area contributed by atoms with E-state index in [2.05, 4.69) is 37.3 Å². The third-order valence-corrected chi connectivity index (χ3v) is 5.02. The summed E-state index contributed by atoms with van der Waals surface area (Å²) < 4.78 is 63.5. The van der Waals surface area contributed by atoms with E-state index in [0.29, 0.717) is 5.56 Å². The Balaban J connectivity index is 0.000000317. The van der Waals surface area contributed by atoms with Gasteiger partial charge in [-0.15, -0.1) is 0 Å². The van der Waals surface area contributed by atoms with Crippen LogP contribution < -0.4 is 10.2 Å². The van der Waals surface area contributed by atoms with E-state index in [4.69, 9.17) is 19.8 Å². The largest absolute Gasteiger partial charge is 0.490 e. The molecule has 1 aliphatic rings. The number of nitrogens with zero attached hydrogens (tertiary/aromatic N) is 4. The first-order chi connectivity index (χ1) is 18.1. The lowest BCUT2D eigenvalue weighted by Gasteiger charge is -2.33. The van der Waals surface area contributed by atoms with Gasteiger partial charge in [-0.25, -0.2) is 14.6 Å². The summed E-state index contributed by atoms with van der Waals surface area (Å²) in [5.74, 6) is -4.76. The molecule has 1 amide bonds. The van der Waals surface area contributed by atoms with E-state index in [1.165, 1.54) is 0 Å². The fraction of sp³-hybridized carbons (Fsp3) is 0.318. The van der Waals surface area contributed by atoms with Gasteiger partial charge in [0.1, 0.15) is 5.82 Å². The quantitative estimate of drug-likeness (QED) is 0.352. The molecule has 0 bridgehead atoms. The summed E-state index contributed by atoms with van der Waals surface area (Å²) in [5, 5.41) is 25.0. The zero-order valence-corrected chi connectivity index (χ0v) is 20.0. The Morgan fingerprint density at radius 3 is 1.95 bits per heavy atom. The minimum absolute atomic E-state index is 0.166. The monoisotopic (exact) mass is 564 g/mol. The summed E-state index contributed by atoms with van der Waals surface area (Å²) >= 11 is 0. The number of likely N-dealkylation sites (N-methyl/N-ethyl adjacent to an activating group) is 1. The van der Waals surface area contributed by atoms with E-state index in [0.717, 1.165) is 48.6 Å². The molecule has 0 spiro atoms. The second-order valence-corrected chi connectivity index (χ2v) is 7.93. The highest BCUT2D eigenvalue weighted by Crippen LogP contribution is 2.19. The molecule has 1 saturated heterocycles. The van der Waals surface area contributed by atoms with Gasteiger partial charge in [0.05, 0.1) is 17.3 Å². The summed E-state index contributed by atoms with van der Waals surface area (Å²) in [7, 11) is 2.12. The van der Waals surface area contributed by atoms with Crippen LogP contribution >= 0.6 is 0 Å². The van der Waals surface area contributed by atoms with Crippen molar-refractivity contribution >= 4 is 40.3 Å². The van der Waals surface area contributed by atoms with Crippen molar-refractivity contribution < 1.29 is 50.9 Å². The van der Waals surface area contributed by atoms with Crippen molar-refractivity contribution in [1.29, 1.82) is 0 Å². The van der Waals surface area contributed by atoms with Crippen molar-refractivity contribution in [3.05, 3.63) is 48.3 Å². The van der Waals surface area contributed by atoms with Crippen LogP contribution in [0.3, 0.4) is 0 Å². The average Bonchev–Trinajstić information content (AvgIpc) is 3.32. The number of anilines is 2. The summed E-state index contributed by atoms with van der Waals surface area (Å²) in [4.78, 5) is 39.2. The van der Waals surface area contributed by atoms with Gasteiger partial charge < -0.3 is 25.3 Å². The smallest absolute Gasteiger partial charge is 0.475 e. The van der Waals surface area contributed by atoms with Crippen LogP contribution in [0.15, 0.2) is 42.7 Å². The number of rotatable bonds is 3. The lowest BCUT2D eigenvalue weighted by atomic mass is 10.2. The number of aromatic amines is 1. The summed E-state index contributed by atoms with van der Waals surface area (Å²) in [6, 6.07) is 9.38. The van der Waals surface area contributed by atoms with E-state index in [1.807, 2.05) is 30.3 Å². The number of piperazine rings is 1. The van der Waals surface area contributed by atoms with E-state index in [9.17, 15) is 31.1 Å². The number of H-pyrrole nitrogens is 1. The normalized spacial score (nSPS) is 14.0. The van der Waals surface area contributed by atoms with Crippen LogP contribution in [-0.2, 0) is 9.59 Å². The minimum atomic E-state index is -5.08. The summed E-state index contributed by atoms with van der Waals surface area (Å²) in [6.07, 6.45) is -6.79. The maximum atomic E-state index is 12.4. The van der Waals surface area contributed by atoms with Gasteiger partial charge in [-0.3, -0.25) is 9.89 Å². The second-order valence-electron chi connectivity index (χ2n) is 7.93. The van der Waals surface area contributed by atoms with Crippen LogP contribution in [0.2, 0.25) is 0 Å². The molecule has 39 heavy (non-hydrogen) atoms. The van der Waals surface area contributed by atoms with Gasteiger partial charge in [-0.05, 0) is 37.4 Å². The molecule has 1 aliphatic heterocycles. The number of hydrogen-bond acceptors (Lipinski definition) is 7. The number of carbonyl (C=O) groups is 3. The molecule has 3 heterocycles. The number of alkyl halides is 6. The molecule has 17 heteroatoms. The van der Waals surface area contributed by atoms with Gasteiger partial charge in [0, 0.05) is 43.4 Å². The fourth-order valence-corrected chi connectivity index (χ4v) is 2.97. The van der Waals surface area contributed by atoms with Gasteiger partial charge in [-0.1, -0.05) is 0 Å². The SMILES string of the molecule is CN1CCN(c2ccc(C(=O)Nc3ccc4[nH]ncc4c3)cn2)CC1.O=C(O)C(F)(F)F.O=C(O)C(F)(F)F. The molecule has 11 nitrogen and oxygen atoms in total. The Kier molecular flexibility index (Phi) is 10.2. The maximum Gasteiger partial charge on any atom is 0.490 e. The van der Waals surface area contributed by atoms with Crippen molar-refractivity contribution in [3.8, 4) is 0 Å². The molecule has 0 atom stereocenters. The standard InChI is InChI=1S/C18H20N6O.2C2HF3O2/c1-23-6-8-24(9-7-23)17-5-2-13(11-19-17)18(25)21-15-3-4-16-14(10-15)12-20-22-16;2*3-2(4,5)1(6)7/h2-5,10-12H,6-9H2,1H3,(H,20,22)(H,21,25);2*(H,6,7). The number of nitrogens with one attached hydrogen (secondary N) is 2. The highest BCUT2D eigenvalue weighted by molar-refractivity contribution is 6.05. The molecular weight excluding hydrogens is 542 g/mol. The molecule has 0 aliphatic carbocycles. The van der Waals surface area contributed by atoms with Crippen LogP contribution in [-0.4, -0.2) is 93.7 Å². The summed E-state index contributed by atoms with van der Waals surface area (Å²) in [5.41, 5.74) is 2.23. The van der Waals surface area contributed by atoms with Crippen LogP contribution in [0.5, 0.6) is 0 Å². The number of carboxylic acid groups (broad SMARTS) is 2. The Bertz CT molecular complexity index is 1250. The molecule has 212 valence electrons. The van der Waals surface area contributed by atoms with Gasteiger partial charge in [0.25, 0.3) is 5.91 Å². The Morgan fingerprint density at radius 2 is 1.46 bits per heavy atom. The zero-order valence-electron chi connectivity index (χ0n) is 20.0. The molecule has 3 aromatic rings. The highest BCUT2D eigenvalue weighted by Gasteiger charge is 2.38. The Hall–Kier alpha value is -4.41. The number of pyridine rings is 1. The first kappa shape index (κ1) is 30.8. The number of aliphatic carboxylic acids is 2. The summed E-state index contributed by atoms with van der Waals surface area (Å²) in [6.45, 7) is 3.97. The van der Waals surface area contributed by atoms with Crippen molar-refractivity contribution in [1.82, 2.24) is 20.1 Å². The average molecular weight is 564 g/mol. The van der Waals surface area contributed by atoms with E-state index in [1.54, 1.807) is 12.4 Å². The highest BCUT2D eigenvalue weighted by atomic mass is 19.4. The van der Waals surface area contributed by atoms with Crippen LogP contribution in [0.25, 0.3) is 10.9 Å². The molecule has 0 radical (unpaired) electrons. The molecule has 0 unspecified atom stereocenters. The van der Waals surface area contributed by atoms with Crippen molar-refractivity contribution in [2.45, 2.75) is 12.4 Å². The molecular formula is C22H22F6N6O5. The molecule has 1 aromatic carbocycles. The molecule has 4 rings (SSSR count). The van der Waals surface area contributed by atoms with Gasteiger partial charge in [0.15, 0.2) is 0 Å². The number of carbonyl (C=O) groups excluding carboxylic acids is 1. The molecule has 2 aromatic heterocycles. The molecule has 0 saturated carbocycles. The lowest BCUT2D eigenvalue weighted by Crippen LogP contribution is -2.44. The number of amides is 1. The van der Waals surface area contributed by atoms with Gasteiger partial charge in [0.2, 0.25) is 0 Å². The fourth-order valence-electron chi connectivity index (χ4n) is 2.97. The second kappa shape index (κ2) is 12.9. The minimum Gasteiger partial charge on any atom is -0.475 e. The van der Waals surface area contributed by atoms with Crippen molar-refractivity contribution in [2.24, 2.45) is 0 Å². The van der Waals surface area contributed by atoms with E-state index < -0.39 is 24.3 Å². The van der Waals surface area contributed by atoms with Crippen molar-refractivity contribution in [2.75, 3.05) is 43.4 Å². The first-order valence-electron chi connectivity index (χ1n) is 10.8. The van der Waals surface area contributed by atoms with Crippen LogP contribution in [0.4, 0.5) is 37.8 Å². The van der Waals surface area contributed by atoms with Gasteiger partial charge in [-0.2, -0.15) is 31.4 Å². The number of hydrogen-bond donors (Lipinski definition) is 4. The number of carboxylic acids is 2. The zero-order chi connectivity index (χ0) is 29.4. The van der Waals surface area contributed by atoms with Crippen LogP contribution in [0, 0.1) is 0 Å². The third kappa shape index (κ3) is 9.76. The van der Waals surface area contributed by atoms with Gasteiger partial charge >= 0.3 is 24.3 Å². The predicted molar refractivity (Wildman–Crippen MR) is 125 cm³/mol.